The zero-order valence-electron chi connectivity index (χ0n) is 9.85. The Balaban J connectivity index is 2.46. The number of para-hydroxylation sites is 1. The summed E-state index contributed by atoms with van der Waals surface area (Å²) in [5.41, 5.74) is -0.121. The molecule has 1 aromatic carbocycles. The van der Waals surface area contributed by atoms with Crippen LogP contribution in [0.4, 0.5) is 10.1 Å². The Hall–Kier alpha value is -1.95. The summed E-state index contributed by atoms with van der Waals surface area (Å²) in [6.07, 6.45) is -2.39. The molecular weight excluding hydrogens is 277 g/mol. The number of ether oxygens (including phenoxy) is 1. The summed E-state index contributed by atoms with van der Waals surface area (Å²) < 4.78 is 18.5. The van der Waals surface area contributed by atoms with Crippen molar-refractivity contribution >= 4 is 34.9 Å². The SMILES string of the molecule is CCOC(=O)C(F)N1C(=O)C(=O)c2cccc(Cl)c21. The van der Waals surface area contributed by atoms with Crippen molar-refractivity contribution in [3.8, 4) is 0 Å². The maximum Gasteiger partial charge on any atom is 0.362 e. The van der Waals surface area contributed by atoms with E-state index in [2.05, 4.69) is 4.74 Å². The molecule has 1 atom stereocenters. The average molecular weight is 286 g/mol. The third kappa shape index (κ3) is 2.08. The Morgan fingerprint density at radius 1 is 1.47 bits per heavy atom. The van der Waals surface area contributed by atoms with E-state index < -0.39 is 24.0 Å². The van der Waals surface area contributed by atoms with Crippen molar-refractivity contribution < 1.29 is 23.5 Å². The van der Waals surface area contributed by atoms with Gasteiger partial charge in [0.1, 0.15) is 0 Å². The van der Waals surface area contributed by atoms with Crippen LogP contribution in [0.2, 0.25) is 5.02 Å². The summed E-state index contributed by atoms with van der Waals surface area (Å²) in [5, 5.41) is 0.0173. The number of hydrogen-bond acceptors (Lipinski definition) is 4. The van der Waals surface area contributed by atoms with E-state index in [0.717, 1.165) is 0 Å². The Labute approximate surface area is 112 Å². The van der Waals surface area contributed by atoms with Gasteiger partial charge in [0.05, 0.1) is 22.9 Å². The quantitative estimate of drug-likeness (QED) is 0.482. The van der Waals surface area contributed by atoms with Gasteiger partial charge in [-0.2, -0.15) is 0 Å². The predicted molar refractivity (Wildman–Crippen MR) is 64.8 cm³/mol. The van der Waals surface area contributed by atoms with Gasteiger partial charge in [0, 0.05) is 0 Å². The number of Topliss-reactive ketones (excluding diaryl/α,β-unsaturated/α-hetero) is 1. The van der Waals surface area contributed by atoms with E-state index in [0.29, 0.717) is 4.90 Å². The molecule has 1 amide bonds. The van der Waals surface area contributed by atoms with Gasteiger partial charge in [-0.3, -0.25) is 14.5 Å². The summed E-state index contributed by atoms with van der Waals surface area (Å²) in [4.78, 5) is 35.2. The Kier molecular flexibility index (Phi) is 3.53. The number of halogens is 2. The number of benzene rings is 1. The highest BCUT2D eigenvalue weighted by Gasteiger charge is 2.44. The van der Waals surface area contributed by atoms with Crippen molar-refractivity contribution in [3.63, 3.8) is 0 Å². The largest absolute Gasteiger partial charge is 0.462 e. The first-order valence-corrected chi connectivity index (χ1v) is 5.84. The first kappa shape index (κ1) is 13.5. The molecule has 2 rings (SSSR count). The molecular formula is C12H9ClFNO4. The van der Waals surface area contributed by atoms with Crippen molar-refractivity contribution in [1.82, 2.24) is 0 Å². The molecule has 0 saturated carbocycles. The van der Waals surface area contributed by atoms with Gasteiger partial charge in [-0.25, -0.2) is 9.18 Å². The highest BCUT2D eigenvalue weighted by Crippen LogP contribution is 2.37. The lowest BCUT2D eigenvalue weighted by Gasteiger charge is -2.20. The van der Waals surface area contributed by atoms with Crippen LogP contribution in [-0.4, -0.2) is 30.6 Å². The highest BCUT2D eigenvalue weighted by atomic mass is 35.5. The molecule has 5 nitrogen and oxygen atoms in total. The average Bonchev–Trinajstić information content (AvgIpc) is 2.64. The molecule has 0 aliphatic carbocycles. The fourth-order valence-corrected chi connectivity index (χ4v) is 2.07. The molecule has 0 bridgehead atoms. The number of anilines is 1. The number of carbonyl (C=O) groups is 3. The number of fused-ring (bicyclic) bond motifs is 1. The van der Waals surface area contributed by atoms with Crippen LogP contribution in [0.1, 0.15) is 17.3 Å². The van der Waals surface area contributed by atoms with Gasteiger partial charge in [0.2, 0.25) is 0 Å². The van der Waals surface area contributed by atoms with Gasteiger partial charge in [-0.1, -0.05) is 17.7 Å². The van der Waals surface area contributed by atoms with Crippen LogP contribution in [0.3, 0.4) is 0 Å². The molecule has 19 heavy (non-hydrogen) atoms. The van der Waals surface area contributed by atoms with Crippen molar-refractivity contribution in [2.24, 2.45) is 0 Å². The fraction of sp³-hybridized carbons (Fsp3) is 0.250. The van der Waals surface area contributed by atoms with Gasteiger partial charge in [-0.05, 0) is 19.1 Å². The minimum absolute atomic E-state index is 0.0173. The summed E-state index contributed by atoms with van der Waals surface area (Å²) in [7, 11) is 0. The number of alkyl halides is 1. The molecule has 0 saturated heterocycles. The highest BCUT2D eigenvalue weighted by molar-refractivity contribution is 6.54. The van der Waals surface area contributed by atoms with Crippen molar-refractivity contribution in [2.75, 3.05) is 11.5 Å². The fourth-order valence-electron chi connectivity index (χ4n) is 1.80. The second-order valence-corrected chi connectivity index (χ2v) is 4.14. The lowest BCUT2D eigenvalue weighted by molar-refractivity contribution is -0.150. The van der Waals surface area contributed by atoms with E-state index >= 15 is 0 Å². The minimum Gasteiger partial charge on any atom is -0.462 e. The molecule has 100 valence electrons. The van der Waals surface area contributed by atoms with Crippen molar-refractivity contribution in [3.05, 3.63) is 28.8 Å². The number of ketones is 1. The first-order valence-electron chi connectivity index (χ1n) is 5.46. The van der Waals surface area contributed by atoms with Crippen LogP contribution >= 0.6 is 11.6 Å². The maximum absolute atomic E-state index is 14.0. The Morgan fingerprint density at radius 2 is 2.16 bits per heavy atom. The molecule has 1 aromatic rings. The summed E-state index contributed by atoms with van der Waals surface area (Å²) in [5.74, 6) is -3.27. The van der Waals surface area contributed by atoms with Gasteiger partial charge < -0.3 is 4.74 Å². The number of nitrogens with zero attached hydrogens (tertiary/aromatic N) is 1. The van der Waals surface area contributed by atoms with Crippen LogP contribution in [0.5, 0.6) is 0 Å². The molecule has 1 heterocycles. The van der Waals surface area contributed by atoms with Gasteiger partial charge in [0.25, 0.3) is 12.1 Å². The smallest absolute Gasteiger partial charge is 0.362 e. The first-order chi connectivity index (χ1) is 8.99. The normalized spacial score (nSPS) is 15.4. The van der Waals surface area contributed by atoms with Crippen molar-refractivity contribution in [2.45, 2.75) is 13.2 Å². The standard InChI is InChI=1S/C12H9ClFNO4/c1-2-19-12(18)10(14)15-8-6(9(16)11(15)17)4-3-5-7(8)13/h3-5,10H,2H2,1H3. The van der Waals surface area contributed by atoms with Gasteiger partial charge >= 0.3 is 11.9 Å². The summed E-state index contributed by atoms with van der Waals surface area (Å²) >= 11 is 5.86. The Morgan fingerprint density at radius 3 is 2.79 bits per heavy atom. The summed E-state index contributed by atoms with van der Waals surface area (Å²) in [6, 6.07) is 4.21. The van der Waals surface area contributed by atoms with Crippen LogP contribution in [-0.2, 0) is 14.3 Å². The molecule has 1 aliphatic heterocycles. The summed E-state index contributed by atoms with van der Waals surface area (Å²) in [6.45, 7) is 1.47. The predicted octanol–water partition coefficient (Wildman–Crippen LogP) is 1.73. The monoisotopic (exact) mass is 285 g/mol. The molecule has 1 aliphatic rings. The lowest BCUT2D eigenvalue weighted by Crippen LogP contribution is -2.42. The van der Waals surface area contributed by atoms with Crippen molar-refractivity contribution in [1.29, 1.82) is 0 Å². The van der Waals surface area contributed by atoms with E-state index in [-0.39, 0.29) is 22.9 Å². The second kappa shape index (κ2) is 4.97. The van der Waals surface area contributed by atoms with Crippen LogP contribution in [0.25, 0.3) is 0 Å². The van der Waals surface area contributed by atoms with Crippen LogP contribution < -0.4 is 4.90 Å². The second-order valence-electron chi connectivity index (χ2n) is 3.73. The number of amides is 1. The minimum atomic E-state index is -2.39. The van der Waals surface area contributed by atoms with E-state index in [1.165, 1.54) is 25.1 Å². The molecule has 0 spiro atoms. The third-order valence-corrected chi connectivity index (χ3v) is 2.90. The van der Waals surface area contributed by atoms with E-state index in [1.54, 1.807) is 0 Å². The van der Waals surface area contributed by atoms with Gasteiger partial charge in [-0.15, -0.1) is 0 Å². The number of rotatable bonds is 3. The van der Waals surface area contributed by atoms with E-state index in [9.17, 15) is 18.8 Å². The van der Waals surface area contributed by atoms with E-state index in [4.69, 9.17) is 11.6 Å². The maximum atomic E-state index is 14.0. The molecule has 1 unspecified atom stereocenters. The molecule has 0 radical (unpaired) electrons. The lowest BCUT2D eigenvalue weighted by atomic mass is 10.1. The van der Waals surface area contributed by atoms with E-state index in [1.807, 2.05) is 0 Å². The molecule has 0 N–H and O–H groups in total. The Bertz CT molecular complexity index is 575. The molecule has 0 fully saturated rings. The topological polar surface area (TPSA) is 63.7 Å². The van der Waals surface area contributed by atoms with Crippen LogP contribution in [0, 0.1) is 0 Å². The third-order valence-electron chi connectivity index (χ3n) is 2.59. The molecule has 0 aromatic heterocycles. The zero-order valence-corrected chi connectivity index (χ0v) is 10.6. The van der Waals surface area contributed by atoms with Crippen LogP contribution in [0.15, 0.2) is 18.2 Å². The number of hydrogen-bond donors (Lipinski definition) is 0. The number of carbonyl (C=O) groups excluding carboxylic acids is 3. The zero-order chi connectivity index (χ0) is 14.2. The molecule has 7 heteroatoms. The number of esters is 1. The van der Waals surface area contributed by atoms with Gasteiger partial charge in [0.15, 0.2) is 0 Å².